The van der Waals surface area contributed by atoms with Gasteiger partial charge in [0.25, 0.3) is 5.69 Å². The molecule has 2 aliphatic carbocycles. The third-order valence-corrected chi connectivity index (χ3v) is 13.2. The first-order valence-corrected chi connectivity index (χ1v) is 20.7. The van der Waals surface area contributed by atoms with E-state index in [0.29, 0.717) is 62.8 Å². The maximum Gasteiger partial charge on any atom is 0.319 e. The van der Waals surface area contributed by atoms with Gasteiger partial charge in [-0.3, -0.25) is 19.9 Å². The van der Waals surface area contributed by atoms with E-state index < -0.39 is 16.6 Å². The van der Waals surface area contributed by atoms with Gasteiger partial charge in [0, 0.05) is 92.3 Å². The second-order valence-electron chi connectivity index (χ2n) is 17.4. The van der Waals surface area contributed by atoms with E-state index in [1.165, 1.54) is 24.3 Å². The van der Waals surface area contributed by atoms with E-state index in [-0.39, 0.29) is 74.6 Å². The summed E-state index contributed by atoms with van der Waals surface area (Å²) >= 11 is 0. The van der Waals surface area contributed by atoms with E-state index in [2.05, 4.69) is 20.0 Å². The highest BCUT2D eigenvalue weighted by Crippen LogP contribution is 2.53. The number of nitro benzene ring substituents is 1. The molecule has 0 amide bonds. The van der Waals surface area contributed by atoms with Gasteiger partial charge in [-0.2, -0.15) is 9.97 Å². The Morgan fingerprint density at radius 2 is 1.43 bits per heavy atom. The van der Waals surface area contributed by atoms with E-state index in [0.717, 1.165) is 83.9 Å². The van der Waals surface area contributed by atoms with Crippen LogP contribution in [0, 0.1) is 32.6 Å². The van der Waals surface area contributed by atoms with Gasteiger partial charge in [0.2, 0.25) is 0 Å². The molecule has 4 saturated heterocycles. The standard InChI is InChI=1S/C42H49F2N7O7/c43-31-5-3-28-29(36(31)44)4-6-33(52)34(28)35-32(51(53)54)19-30-37(38(35)57-24-41(7-8-41)22-48-11-15-55-16-12-48)46-40(47-39(30)50-20-26-1-2-27(21-50)45-26)58-25-42(9-10-42)23-49-13-17-56-18-14-49/h3-6,19,26-27,45,52H,1-2,7-18,20-25H2/t26-,27+. The number of rotatable bonds is 13. The number of fused-ring (bicyclic) bond motifs is 4. The maximum atomic E-state index is 15.4. The minimum atomic E-state index is -1.12. The molecule has 2 bridgehead atoms. The molecule has 308 valence electrons. The van der Waals surface area contributed by atoms with Gasteiger partial charge in [0.05, 0.1) is 50.0 Å². The van der Waals surface area contributed by atoms with Crippen molar-refractivity contribution in [1.82, 2.24) is 25.1 Å². The van der Waals surface area contributed by atoms with Crippen LogP contribution in [0.3, 0.4) is 0 Å². The number of nitrogens with zero attached hydrogens (tertiary/aromatic N) is 6. The Bertz CT molecular complexity index is 2230. The number of hydrogen-bond donors (Lipinski definition) is 2. The average molecular weight is 802 g/mol. The highest BCUT2D eigenvalue weighted by atomic mass is 19.2. The van der Waals surface area contributed by atoms with Crippen LogP contribution >= 0.6 is 0 Å². The molecule has 58 heavy (non-hydrogen) atoms. The first-order chi connectivity index (χ1) is 28.2. The minimum Gasteiger partial charge on any atom is -0.507 e. The third-order valence-electron chi connectivity index (χ3n) is 13.2. The van der Waals surface area contributed by atoms with E-state index in [1.54, 1.807) is 0 Å². The molecule has 16 heteroatoms. The van der Waals surface area contributed by atoms with E-state index in [4.69, 9.17) is 28.9 Å². The monoisotopic (exact) mass is 801 g/mol. The van der Waals surface area contributed by atoms with Crippen LogP contribution < -0.4 is 19.7 Å². The summed E-state index contributed by atoms with van der Waals surface area (Å²) in [4.78, 5) is 29.8. The van der Waals surface area contributed by atoms with E-state index in [9.17, 15) is 19.6 Å². The fourth-order valence-corrected chi connectivity index (χ4v) is 9.54. The zero-order chi connectivity index (χ0) is 39.6. The molecule has 1 aromatic heterocycles. The number of nitrogens with one attached hydrogen (secondary N) is 1. The van der Waals surface area contributed by atoms with Crippen molar-refractivity contribution in [2.24, 2.45) is 10.8 Å². The number of nitro groups is 1. The Morgan fingerprint density at radius 1 is 0.828 bits per heavy atom. The van der Waals surface area contributed by atoms with Crippen LogP contribution in [0.25, 0.3) is 32.8 Å². The Balaban J connectivity index is 1.14. The largest absolute Gasteiger partial charge is 0.507 e. The normalized spacial score (nSPS) is 24.0. The number of piperazine rings is 1. The number of aromatic hydroxyl groups is 1. The van der Waals surface area contributed by atoms with Crippen LogP contribution in [0.5, 0.6) is 17.5 Å². The van der Waals surface area contributed by atoms with Gasteiger partial charge in [0.1, 0.15) is 22.6 Å². The van der Waals surface area contributed by atoms with Gasteiger partial charge in [-0.05, 0) is 62.1 Å². The lowest BCUT2D eigenvalue weighted by Crippen LogP contribution is -2.51. The average Bonchev–Trinajstić information content (AvgIpc) is 4.16. The number of anilines is 1. The number of phenolic OH excluding ortho intramolecular Hbond substituents is 1. The van der Waals surface area contributed by atoms with Gasteiger partial charge < -0.3 is 34.3 Å². The molecule has 14 nitrogen and oxygen atoms in total. The molecular weight excluding hydrogens is 752 g/mol. The van der Waals surface area contributed by atoms with Crippen LogP contribution in [0.2, 0.25) is 0 Å². The first-order valence-electron chi connectivity index (χ1n) is 20.7. The molecule has 2 saturated carbocycles. The molecule has 6 aliphatic rings. The van der Waals surface area contributed by atoms with Crippen molar-refractivity contribution in [3.8, 4) is 28.6 Å². The maximum absolute atomic E-state index is 15.4. The second kappa shape index (κ2) is 15.0. The number of halogens is 2. The third kappa shape index (κ3) is 7.27. The Morgan fingerprint density at radius 3 is 2.03 bits per heavy atom. The van der Waals surface area contributed by atoms with Crippen LogP contribution in [0.1, 0.15) is 38.5 Å². The molecule has 3 aromatic carbocycles. The number of phenols is 1. The molecule has 2 atom stereocenters. The highest BCUT2D eigenvalue weighted by Gasteiger charge is 2.47. The summed E-state index contributed by atoms with van der Waals surface area (Å²) in [7, 11) is 0. The van der Waals surface area contributed by atoms with Crippen molar-refractivity contribution < 1.29 is 37.8 Å². The van der Waals surface area contributed by atoms with Crippen LogP contribution in [-0.4, -0.2) is 134 Å². The Kier molecular flexibility index (Phi) is 9.74. The van der Waals surface area contributed by atoms with Crippen molar-refractivity contribution >= 4 is 33.2 Å². The van der Waals surface area contributed by atoms with Gasteiger partial charge >= 0.3 is 6.01 Å². The summed E-state index contributed by atoms with van der Waals surface area (Å²) in [6, 6.07) is 6.86. The zero-order valence-corrected chi connectivity index (χ0v) is 32.5. The molecule has 4 aliphatic heterocycles. The summed E-state index contributed by atoms with van der Waals surface area (Å²) in [5.41, 5.74) is -0.431. The first kappa shape index (κ1) is 37.8. The lowest BCUT2D eigenvalue weighted by molar-refractivity contribution is -0.384. The molecule has 2 N–H and O–H groups in total. The highest BCUT2D eigenvalue weighted by molar-refractivity contribution is 6.09. The van der Waals surface area contributed by atoms with E-state index >= 15 is 4.39 Å². The Labute approximate surface area is 334 Å². The number of aromatic nitrogens is 2. The predicted octanol–water partition coefficient (Wildman–Crippen LogP) is 5.27. The topological polar surface area (TPSA) is 148 Å². The molecule has 10 rings (SSSR count). The minimum absolute atomic E-state index is 0.0386. The Hall–Kier alpha value is -4.48. The lowest BCUT2D eigenvalue weighted by atomic mass is 9.93. The van der Waals surface area contributed by atoms with Crippen molar-refractivity contribution in [2.45, 2.75) is 50.6 Å². The number of ether oxygens (including phenoxy) is 4. The van der Waals surface area contributed by atoms with Crippen molar-refractivity contribution in [3.63, 3.8) is 0 Å². The SMILES string of the molecule is O=[N+]([O-])c1cc2c(N3C[C@H]4CC[C@@H](C3)N4)nc(OCC3(CN4CCOCC4)CC3)nc2c(OCC2(CN3CCOCC3)CC2)c1-c1c(O)ccc2c(F)c(F)ccc12. The molecule has 0 spiro atoms. The summed E-state index contributed by atoms with van der Waals surface area (Å²) in [5.74, 6) is -1.94. The van der Waals surface area contributed by atoms with Crippen LogP contribution in [-0.2, 0) is 9.47 Å². The molecule has 5 heterocycles. The lowest BCUT2D eigenvalue weighted by Gasteiger charge is -2.34. The number of hydrogen-bond acceptors (Lipinski definition) is 13. The molecule has 0 radical (unpaired) electrons. The van der Waals surface area contributed by atoms with Crippen LogP contribution in [0.15, 0.2) is 30.3 Å². The summed E-state index contributed by atoms with van der Waals surface area (Å²) in [6.45, 7) is 9.62. The second-order valence-corrected chi connectivity index (χ2v) is 17.4. The van der Waals surface area contributed by atoms with Crippen molar-refractivity contribution in [3.05, 3.63) is 52.1 Å². The molecule has 4 aromatic rings. The van der Waals surface area contributed by atoms with E-state index in [1.807, 2.05) is 0 Å². The van der Waals surface area contributed by atoms with Gasteiger partial charge in [0.15, 0.2) is 17.4 Å². The number of morpholine rings is 2. The van der Waals surface area contributed by atoms with Crippen molar-refractivity contribution in [2.75, 3.05) is 96.9 Å². The molecular formula is C42H49F2N7O7. The predicted molar refractivity (Wildman–Crippen MR) is 212 cm³/mol. The smallest absolute Gasteiger partial charge is 0.319 e. The molecule has 0 unspecified atom stereocenters. The quantitative estimate of drug-likeness (QED) is 0.134. The fourth-order valence-electron chi connectivity index (χ4n) is 9.54. The zero-order valence-electron chi connectivity index (χ0n) is 32.5. The molecule has 6 fully saturated rings. The summed E-state index contributed by atoms with van der Waals surface area (Å²) < 4.78 is 54.7. The van der Waals surface area contributed by atoms with Gasteiger partial charge in [-0.25, -0.2) is 8.78 Å². The summed E-state index contributed by atoms with van der Waals surface area (Å²) in [6.07, 6.45) is 5.86. The number of benzene rings is 3. The summed E-state index contributed by atoms with van der Waals surface area (Å²) in [5, 5.41) is 28.9. The van der Waals surface area contributed by atoms with Crippen LogP contribution in [0.4, 0.5) is 20.3 Å². The van der Waals surface area contributed by atoms with Gasteiger partial charge in [-0.1, -0.05) is 6.07 Å². The fraction of sp³-hybridized carbons (Fsp3) is 0.571. The van der Waals surface area contributed by atoms with Gasteiger partial charge in [-0.15, -0.1) is 0 Å². The van der Waals surface area contributed by atoms with Crippen molar-refractivity contribution in [1.29, 1.82) is 0 Å².